The number of carbonyl (C=O) groups is 2. The van der Waals surface area contributed by atoms with Crippen LogP contribution in [-0.4, -0.2) is 17.5 Å². The number of ether oxygens (including phenoxy) is 1. The molecular weight excluding hydrogens is 326 g/mol. The molecule has 1 heterocycles. The number of carbonyl (C=O) groups excluding carboxylic acids is 2. The van der Waals surface area contributed by atoms with Crippen molar-refractivity contribution < 1.29 is 14.3 Å². The second-order valence-electron chi connectivity index (χ2n) is 6.85. The van der Waals surface area contributed by atoms with Crippen LogP contribution in [0.1, 0.15) is 30.4 Å². The summed E-state index contributed by atoms with van der Waals surface area (Å²) in [7, 11) is 0. The lowest BCUT2D eigenvalue weighted by Crippen LogP contribution is -2.38. The zero-order valence-corrected chi connectivity index (χ0v) is 14.4. The van der Waals surface area contributed by atoms with E-state index in [4.69, 9.17) is 10.5 Å². The molecule has 0 saturated heterocycles. The van der Waals surface area contributed by atoms with Crippen LogP contribution in [0.5, 0.6) is 0 Å². The first-order chi connectivity index (χ1) is 12.5. The van der Waals surface area contributed by atoms with Crippen molar-refractivity contribution in [2.75, 3.05) is 0 Å². The fraction of sp³-hybridized carbons (Fsp3) is 0.182. The minimum Gasteiger partial charge on any atom is -0.450 e. The molecular formula is C22H19NO3. The molecule has 2 aliphatic rings. The number of primary amides is 1. The number of allylic oxidation sites excluding steroid dienone is 1. The molecule has 0 fully saturated rings. The van der Waals surface area contributed by atoms with Crippen LogP contribution in [0.3, 0.4) is 0 Å². The molecule has 0 radical (unpaired) electrons. The Morgan fingerprint density at radius 2 is 1.69 bits per heavy atom. The lowest BCUT2D eigenvalue weighted by Gasteiger charge is -2.39. The van der Waals surface area contributed by atoms with Gasteiger partial charge in [-0.25, -0.2) is 4.79 Å². The number of amides is 1. The summed E-state index contributed by atoms with van der Waals surface area (Å²) < 4.78 is 5.72. The average Bonchev–Trinajstić information content (AvgIpc) is 2.92. The molecule has 0 aromatic heterocycles. The highest BCUT2D eigenvalue weighted by Gasteiger charge is 2.52. The third kappa shape index (κ3) is 2.46. The molecule has 2 atom stereocenters. The van der Waals surface area contributed by atoms with Gasteiger partial charge in [-0.05, 0) is 30.0 Å². The summed E-state index contributed by atoms with van der Waals surface area (Å²) in [5.74, 6) is -1.48. The monoisotopic (exact) mass is 345 g/mol. The molecule has 2 aromatic rings. The van der Waals surface area contributed by atoms with Gasteiger partial charge >= 0.3 is 5.97 Å². The van der Waals surface area contributed by atoms with Crippen LogP contribution < -0.4 is 5.73 Å². The van der Waals surface area contributed by atoms with E-state index in [0.717, 1.165) is 16.7 Å². The smallest absolute Gasteiger partial charge is 0.345 e. The summed E-state index contributed by atoms with van der Waals surface area (Å²) in [5, 5.41) is 0. The maximum atomic E-state index is 12.4. The zero-order chi connectivity index (χ0) is 18.3. The molecule has 1 aliphatic carbocycles. The number of rotatable bonds is 3. The van der Waals surface area contributed by atoms with Gasteiger partial charge in [0.15, 0.2) is 0 Å². The van der Waals surface area contributed by atoms with Crippen LogP contribution >= 0.6 is 0 Å². The van der Waals surface area contributed by atoms with Gasteiger partial charge in [0.05, 0.1) is 0 Å². The SMILES string of the molecule is C[C@]12OC(=O)C(C(N)=O)=C1C=C(c1ccccc1)C[C@H]2c1ccccc1. The van der Waals surface area contributed by atoms with Crippen LogP contribution in [-0.2, 0) is 14.3 Å². The summed E-state index contributed by atoms with van der Waals surface area (Å²) >= 11 is 0. The van der Waals surface area contributed by atoms with E-state index < -0.39 is 17.5 Å². The fourth-order valence-corrected chi connectivity index (χ4v) is 3.99. The molecule has 1 amide bonds. The Bertz CT molecular complexity index is 944. The normalized spacial score (nSPS) is 24.7. The quantitative estimate of drug-likeness (QED) is 0.685. The van der Waals surface area contributed by atoms with Gasteiger partial charge in [0.1, 0.15) is 11.2 Å². The van der Waals surface area contributed by atoms with Crippen molar-refractivity contribution in [2.24, 2.45) is 5.73 Å². The van der Waals surface area contributed by atoms with E-state index in [1.807, 2.05) is 73.7 Å². The summed E-state index contributed by atoms with van der Waals surface area (Å²) in [4.78, 5) is 24.3. The predicted molar refractivity (Wildman–Crippen MR) is 98.9 cm³/mol. The maximum absolute atomic E-state index is 12.4. The van der Waals surface area contributed by atoms with E-state index in [9.17, 15) is 9.59 Å². The van der Waals surface area contributed by atoms with E-state index in [0.29, 0.717) is 12.0 Å². The molecule has 2 N–H and O–H groups in total. The minimum atomic E-state index is -0.902. The van der Waals surface area contributed by atoms with Gasteiger partial charge in [-0.1, -0.05) is 66.7 Å². The standard InChI is InChI=1S/C22H19NO3/c1-22-17(15-10-6-3-7-11-15)12-16(14-8-4-2-5-9-14)13-18(22)19(20(23)24)21(25)26-22/h2-11,13,17H,12H2,1H3,(H2,23,24)/t17-,22+/m0/s1. The molecule has 4 rings (SSSR count). The first-order valence-electron chi connectivity index (χ1n) is 8.59. The Kier molecular flexibility index (Phi) is 3.76. The van der Waals surface area contributed by atoms with E-state index in [2.05, 4.69) is 0 Å². The Morgan fingerprint density at radius 1 is 1.08 bits per heavy atom. The largest absolute Gasteiger partial charge is 0.450 e. The number of esters is 1. The molecule has 130 valence electrons. The fourth-order valence-electron chi connectivity index (χ4n) is 3.99. The van der Waals surface area contributed by atoms with Crippen molar-refractivity contribution in [3.05, 3.63) is 89.0 Å². The van der Waals surface area contributed by atoms with Crippen molar-refractivity contribution in [1.29, 1.82) is 0 Å². The Hall–Kier alpha value is -3.14. The number of fused-ring (bicyclic) bond motifs is 1. The summed E-state index contributed by atoms with van der Waals surface area (Å²) in [6, 6.07) is 19.9. The summed E-state index contributed by atoms with van der Waals surface area (Å²) in [6.45, 7) is 1.87. The Labute approximate surface area is 152 Å². The van der Waals surface area contributed by atoms with Crippen molar-refractivity contribution in [3.8, 4) is 0 Å². The van der Waals surface area contributed by atoms with Gasteiger partial charge in [0.2, 0.25) is 0 Å². The highest BCUT2D eigenvalue weighted by molar-refractivity contribution is 6.19. The summed E-state index contributed by atoms with van der Waals surface area (Å²) in [6.07, 6.45) is 2.60. The topological polar surface area (TPSA) is 69.4 Å². The van der Waals surface area contributed by atoms with Gasteiger partial charge in [0.25, 0.3) is 5.91 Å². The van der Waals surface area contributed by atoms with Crippen LogP contribution in [0.2, 0.25) is 0 Å². The third-order valence-electron chi connectivity index (χ3n) is 5.31. The lowest BCUT2D eigenvalue weighted by molar-refractivity contribution is -0.147. The summed E-state index contributed by atoms with van der Waals surface area (Å²) in [5.41, 5.74) is 8.31. The van der Waals surface area contributed by atoms with Crippen molar-refractivity contribution in [3.63, 3.8) is 0 Å². The van der Waals surface area contributed by atoms with Gasteiger partial charge < -0.3 is 10.5 Å². The molecule has 4 heteroatoms. The number of hydrogen-bond acceptors (Lipinski definition) is 3. The molecule has 0 unspecified atom stereocenters. The van der Waals surface area contributed by atoms with E-state index in [1.165, 1.54) is 0 Å². The third-order valence-corrected chi connectivity index (χ3v) is 5.31. The van der Waals surface area contributed by atoms with Gasteiger partial charge in [-0.2, -0.15) is 0 Å². The first-order valence-corrected chi connectivity index (χ1v) is 8.59. The van der Waals surface area contributed by atoms with E-state index >= 15 is 0 Å². The Balaban J connectivity index is 1.94. The van der Waals surface area contributed by atoms with Crippen molar-refractivity contribution in [1.82, 2.24) is 0 Å². The maximum Gasteiger partial charge on any atom is 0.345 e. The van der Waals surface area contributed by atoms with E-state index in [1.54, 1.807) is 0 Å². The van der Waals surface area contributed by atoms with Gasteiger partial charge in [-0.15, -0.1) is 0 Å². The van der Waals surface area contributed by atoms with E-state index in [-0.39, 0.29) is 11.5 Å². The number of nitrogens with two attached hydrogens (primary N) is 1. The lowest BCUT2D eigenvalue weighted by atomic mass is 9.69. The van der Waals surface area contributed by atoms with Crippen LogP contribution in [0, 0.1) is 0 Å². The highest BCUT2D eigenvalue weighted by atomic mass is 16.6. The zero-order valence-electron chi connectivity index (χ0n) is 14.4. The van der Waals surface area contributed by atoms with Gasteiger partial charge in [-0.3, -0.25) is 4.79 Å². The Morgan fingerprint density at radius 3 is 2.31 bits per heavy atom. The molecule has 0 spiro atoms. The minimum absolute atomic E-state index is 0.0402. The van der Waals surface area contributed by atoms with Crippen molar-refractivity contribution in [2.45, 2.75) is 24.9 Å². The molecule has 0 saturated carbocycles. The van der Waals surface area contributed by atoms with Crippen LogP contribution in [0.15, 0.2) is 77.9 Å². The molecule has 0 bridgehead atoms. The molecule has 4 nitrogen and oxygen atoms in total. The van der Waals surface area contributed by atoms with Crippen LogP contribution in [0.4, 0.5) is 0 Å². The van der Waals surface area contributed by atoms with Crippen molar-refractivity contribution >= 4 is 17.4 Å². The van der Waals surface area contributed by atoms with Gasteiger partial charge in [0, 0.05) is 11.5 Å². The number of hydrogen-bond donors (Lipinski definition) is 1. The molecule has 2 aromatic carbocycles. The second-order valence-corrected chi connectivity index (χ2v) is 6.85. The second kappa shape index (κ2) is 5.99. The predicted octanol–water partition coefficient (Wildman–Crippen LogP) is 3.35. The average molecular weight is 345 g/mol. The van der Waals surface area contributed by atoms with Crippen LogP contribution in [0.25, 0.3) is 5.57 Å². The molecule has 26 heavy (non-hydrogen) atoms. The highest BCUT2D eigenvalue weighted by Crippen LogP contribution is 2.51. The number of benzene rings is 2. The first kappa shape index (κ1) is 16.3. The molecule has 1 aliphatic heterocycles.